The van der Waals surface area contributed by atoms with Crippen LogP contribution in [0.15, 0.2) is 82.6 Å². The minimum atomic E-state index is -0.294. The number of carbonyl (C=O) groups is 2. The van der Waals surface area contributed by atoms with Gasteiger partial charge >= 0.3 is 0 Å². The highest BCUT2D eigenvalue weighted by molar-refractivity contribution is 7.99. The van der Waals surface area contributed by atoms with Crippen molar-refractivity contribution in [2.24, 2.45) is 0 Å². The summed E-state index contributed by atoms with van der Waals surface area (Å²) in [5.41, 5.74) is 1.82. The molecular formula is C25H23N5O3S. The maximum absolute atomic E-state index is 12.8. The van der Waals surface area contributed by atoms with Crippen LogP contribution in [0.25, 0.3) is 5.69 Å². The molecule has 1 fully saturated rings. The quantitative estimate of drug-likeness (QED) is 0.350. The van der Waals surface area contributed by atoms with Crippen molar-refractivity contribution >= 4 is 29.3 Å². The summed E-state index contributed by atoms with van der Waals surface area (Å²) in [7, 11) is 0. The van der Waals surface area contributed by atoms with E-state index in [-0.39, 0.29) is 24.1 Å². The number of furan rings is 1. The van der Waals surface area contributed by atoms with Crippen LogP contribution in [0.3, 0.4) is 0 Å². The van der Waals surface area contributed by atoms with Gasteiger partial charge in [0.2, 0.25) is 5.91 Å². The Kier molecular flexibility index (Phi) is 6.44. The van der Waals surface area contributed by atoms with Gasteiger partial charge in [0.15, 0.2) is 5.16 Å². The Morgan fingerprint density at radius 2 is 1.79 bits per heavy atom. The second-order valence-corrected chi connectivity index (χ2v) is 8.87. The Labute approximate surface area is 200 Å². The highest BCUT2D eigenvalue weighted by Crippen LogP contribution is 2.41. The van der Waals surface area contributed by atoms with Gasteiger partial charge in [0.1, 0.15) is 11.6 Å². The number of hydrogen-bond donors (Lipinski definition) is 2. The van der Waals surface area contributed by atoms with Gasteiger partial charge in [-0.05, 0) is 49.2 Å². The van der Waals surface area contributed by atoms with E-state index in [0.29, 0.717) is 28.1 Å². The molecule has 2 aromatic heterocycles. The number of hydrogen-bond acceptors (Lipinski definition) is 6. The molecule has 34 heavy (non-hydrogen) atoms. The molecule has 0 saturated heterocycles. The summed E-state index contributed by atoms with van der Waals surface area (Å²) in [4.78, 5) is 25.4. The Morgan fingerprint density at radius 3 is 2.56 bits per heavy atom. The molecule has 9 heteroatoms. The standard InChI is InChI=1S/C25H23N5O3S/c31-22(27-21-11-5-4-10-20(21)24(32)26-15-19-9-6-14-33-19)16-34-25-29-28-23(17-12-13-17)30(25)18-7-2-1-3-8-18/h1-11,14,17H,12-13,15-16H2,(H,26,32)(H,27,31). The zero-order chi connectivity index (χ0) is 23.3. The first-order chi connectivity index (χ1) is 16.7. The second-order valence-electron chi connectivity index (χ2n) is 7.93. The van der Waals surface area contributed by atoms with E-state index < -0.39 is 0 Å². The smallest absolute Gasteiger partial charge is 0.253 e. The molecule has 1 saturated carbocycles. The number of thioether (sulfide) groups is 1. The molecule has 1 aliphatic rings. The maximum Gasteiger partial charge on any atom is 0.253 e. The lowest BCUT2D eigenvalue weighted by Crippen LogP contribution is -2.25. The van der Waals surface area contributed by atoms with Crippen molar-refractivity contribution in [3.8, 4) is 5.69 Å². The number of rotatable bonds is 9. The van der Waals surface area contributed by atoms with Crippen LogP contribution < -0.4 is 10.6 Å². The summed E-state index contributed by atoms with van der Waals surface area (Å²) in [5.74, 6) is 1.62. The molecule has 8 nitrogen and oxygen atoms in total. The normalized spacial score (nSPS) is 12.9. The Bertz CT molecular complexity index is 1280. The lowest BCUT2D eigenvalue weighted by molar-refractivity contribution is -0.113. The fourth-order valence-electron chi connectivity index (χ4n) is 3.58. The SMILES string of the molecule is O=C(CSc1nnc(C2CC2)n1-c1ccccc1)Nc1ccccc1C(=O)NCc1ccco1. The average molecular weight is 474 g/mol. The molecule has 0 unspecified atom stereocenters. The van der Waals surface area contributed by atoms with E-state index in [1.165, 1.54) is 11.8 Å². The van der Waals surface area contributed by atoms with Gasteiger partial charge in [0.25, 0.3) is 5.91 Å². The van der Waals surface area contributed by atoms with Crippen molar-refractivity contribution in [1.29, 1.82) is 0 Å². The van der Waals surface area contributed by atoms with Crippen molar-refractivity contribution in [1.82, 2.24) is 20.1 Å². The summed E-state index contributed by atoms with van der Waals surface area (Å²) in [6.07, 6.45) is 3.77. The molecule has 0 spiro atoms. The van der Waals surface area contributed by atoms with Crippen molar-refractivity contribution in [2.75, 3.05) is 11.1 Å². The van der Waals surface area contributed by atoms with Crippen LogP contribution >= 0.6 is 11.8 Å². The zero-order valence-electron chi connectivity index (χ0n) is 18.3. The molecule has 2 heterocycles. The van der Waals surface area contributed by atoms with Crippen LogP contribution in [0, 0.1) is 0 Å². The zero-order valence-corrected chi connectivity index (χ0v) is 19.1. The lowest BCUT2D eigenvalue weighted by Gasteiger charge is -2.12. The molecule has 5 rings (SSSR count). The number of aromatic nitrogens is 3. The van der Waals surface area contributed by atoms with Gasteiger partial charge in [-0.1, -0.05) is 42.1 Å². The van der Waals surface area contributed by atoms with Crippen LogP contribution in [-0.2, 0) is 11.3 Å². The molecule has 0 bridgehead atoms. The highest BCUT2D eigenvalue weighted by Gasteiger charge is 2.31. The van der Waals surface area contributed by atoms with Crippen LogP contribution in [-0.4, -0.2) is 32.3 Å². The molecule has 0 aliphatic heterocycles. The summed E-state index contributed by atoms with van der Waals surface area (Å²) in [6, 6.07) is 20.4. The van der Waals surface area contributed by atoms with E-state index in [9.17, 15) is 9.59 Å². The molecule has 2 amide bonds. The first kappa shape index (κ1) is 22.0. The number of amides is 2. The predicted molar refractivity (Wildman–Crippen MR) is 129 cm³/mol. The van der Waals surface area contributed by atoms with Crippen LogP contribution in [0.2, 0.25) is 0 Å². The van der Waals surface area contributed by atoms with Crippen molar-refractivity contribution in [2.45, 2.75) is 30.5 Å². The van der Waals surface area contributed by atoms with E-state index in [0.717, 1.165) is 24.4 Å². The third-order valence-electron chi connectivity index (χ3n) is 5.40. The van der Waals surface area contributed by atoms with E-state index in [1.807, 2.05) is 34.9 Å². The molecule has 2 N–H and O–H groups in total. The van der Waals surface area contributed by atoms with E-state index in [2.05, 4.69) is 20.8 Å². The number of carbonyl (C=O) groups excluding carboxylic acids is 2. The Balaban J connectivity index is 1.25. The van der Waals surface area contributed by atoms with Crippen LogP contribution in [0.1, 0.15) is 40.7 Å². The number of benzene rings is 2. The van der Waals surface area contributed by atoms with Gasteiger partial charge in [0.05, 0.1) is 29.8 Å². The van der Waals surface area contributed by atoms with Gasteiger partial charge in [0, 0.05) is 11.6 Å². The number of anilines is 1. The highest BCUT2D eigenvalue weighted by atomic mass is 32.2. The Morgan fingerprint density at radius 1 is 1.00 bits per heavy atom. The van der Waals surface area contributed by atoms with Crippen molar-refractivity contribution in [3.63, 3.8) is 0 Å². The van der Waals surface area contributed by atoms with E-state index >= 15 is 0 Å². The van der Waals surface area contributed by atoms with E-state index in [1.54, 1.807) is 42.7 Å². The average Bonchev–Trinajstić information content (AvgIpc) is 3.40. The van der Waals surface area contributed by atoms with Crippen LogP contribution in [0.4, 0.5) is 5.69 Å². The minimum Gasteiger partial charge on any atom is -0.467 e. The van der Waals surface area contributed by atoms with Crippen molar-refractivity contribution in [3.05, 3.63) is 90.1 Å². The monoisotopic (exact) mass is 473 g/mol. The molecule has 2 aromatic carbocycles. The topological polar surface area (TPSA) is 102 Å². The number of para-hydroxylation sites is 2. The van der Waals surface area contributed by atoms with Crippen LogP contribution in [0.5, 0.6) is 0 Å². The van der Waals surface area contributed by atoms with Gasteiger partial charge < -0.3 is 15.1 Å². The third kappa shape index (κ3) is 5.04. The molecule has 1 aliphatic carbocycles. The number of nitrogens with zero attached hydrogens (tertiary/aromatic N) is 3. The Hall–Kier alpha value is -3.85. The summed E-state index contributed by atoms with van der Waals surface area (Å²) < 4.78 is 7.28. The van der Waals surface area contributed by atoms with Gasteiger partial charge in [-0.25, -0.2) is 0 Å². The lowest BCUT2D eigenvalue weighted by atomic mass is 10.1. The predicted octanol–water partition coefficient (Wildman–Crippen LogP) is 4.40. The molecule has 4 aromatic rings. The fraction of sp³-hybridized carbons (Fsp3) is 0.200. The fourth-order valence-corrected chi connectivity index (χ4v) is 4.34. The first-order valence-corrected chi connectivity index (χ1v) is 12.0. The van der Waals surface area contributed by atoms with Crippen molar-refractivity contribution < 1.29 is 14.0 Å². The van der Waals surface area contributed by atoms with Gasteiger partial charge in [-0.15, -0.1) is 10.2 Å². The van der Waals surface area contributed by atoms with E-state index in [4.69, 9.17) is 4.42 Å². The first-order valence-electron chi connectivity index (χ1n) is 11.0. The largest absolute Gasteiger partial charge is 0.467 e. The molecule has 0 radical (unpaired) electrons. The maximum atomic E-state index is 12.8. The minimum absolute atomic E-state index is 0.137. The molecular weight excluding hydrogens is 450 g/mol. The van der Waals surface area contributed by atoms with Gasteiger partial charge in [-0.2, -0.15) is 0 Å². The summed E-state index contributed by atoms with van der Waals surface area (Å²) in [5, 5.41) is 15.1. The summed E-state index contributed by atoms with van der Waals surface area (Å²) >= 11 is 1.32. The summed E-state index contributed by atoms with van der Waals surface area (Å²) in [6.45, 7) is 0.266. The third-order valence-corrected chi connectivity index (χ3v) is 6.33. The second kappa shape index (κ2) is 9.96. The molecule has 0 atom stereocenters. The van der Waals surface area contributed by atoms with Gasteiger partial charge in [-0.3, -0.25) is 14.2 Å². The molecule has 172 valence electrons. The number of nitrogens with one attached hydrogen (secondary N) is 2.